The molecule has 1 aromatic rings. The van der Waals surface area contributed by atoms with E-state index in [4.69, 9.17) is 0 Å². The minimum absolute atomic E-state index is 0.00334. The van der Waals surface area contributed by atoms with Crippen molar-refractivity contribution in [2.75, 3.05) is 19.6 Å². The van der Waals surface area contributed by atoms with Gasteiger partial charge in [-0.15, -0.1) is 0 Å². The zero-order chi connectivity index (χ0) is 16.1. The molecular weight excluding hydrogens is 290 g/mol. The van der Waals surface area contributed by atoms with Crippen molar-refractivity contribution in [3.8, 4) is 0 Å². The van der Waals surface area contributed by atoms with Crippen LogP contribution >= 0.6 is 0 Å². The Labute approximate surface area is 129 Å². The second kappa shape index (κ2) is 7.65. The summed E-state index contributed by atoms with van der Waals surface area (Å²) in [7, 11) is 0. The zero-order valence-electron chi connectivity index (χ0n) is 12.7. The third-order valence-electron chi connectivity index (χ3n) is 3.90. The number of aliphatic hydroxyl groups excluding tert-OH is 1. The van der Waals surface area contributed by atoms with Crippen LogP contribution in [0.3, 0.4) is 0 Å². The molecule has 0 saturated carbocycles. The predicted octanol–water partition coefficient (Wildman–Crippen LogP) is 1.47. The van der Waals surface area contributed by atoms with Crippen molar-refractivity contribution in [2.24, 2.45) is 0 Å². The second-order valence-electron chi connectivity index (χ2n) is 5.88. The Hall–Kier alpha value is -1.53. The van der Waals surface area contributed by atoms with E-state index in [1.54, 1.807) is 6.92 Å². The van der Waals surface area contributed by atoms with Gasteiger partial charge in [0.15, 0.2) is 0 Å². The van der Waals surface area contributed by atoms with E-state index in [1.807, 2.05) is 4.90 Å². The number of nitrogens with one attached hydrogen (secondary N) is 1. The van der Waals surface area contributed by atoms with Gasteiger partial charge in [-0.25, -0.2) is 8.78 Å². The van der Waals surface area contributed by atoms with Gasteiger partial charge < -0.3 is 10.4 Å². The van der Waals surface area contributed by atoms with Crippen LogP contribution in [0.4, 0.5) is 8.78 Å². The molecular formula is C16H22F2N2O2. The van der Waals surface area contributed by atoms with Crippen LogP contribution < -0.4 is 5.32 Å². The average Bonchev–Trinajstić information content (AvgIpc) is 2.45. The predicted molar refractivity (Wildman–Crippen MR) is 79.3 cm³/mol. The van der Waals surface area contributed by atoms with Gasteiger partial charge in [-0.1, -0.05) is 6.07 Å². The SMILES string of the molecule is CC(Cc1c(F)cccc1F)NC(=O)CN1CCC(O)CC1. The van der Waals surface area contributed by atoms with E-state index in [2.05, 4.69) is 5.32 Å². The minimum atomic E-state index is -0.592. The van der Waals surface area contributed by atoms with Crippen molar-refractivity contribution in [3.63, 3.8) is 0 Å². The number of piperidine rings is 1. The number of benzene rings is 1. The molecule has 1 aromatic carbocycles. The molecule has 2 rings (SSSR count). The maximum absolute atomic E-state index is 13.6. The summed E-state index contributed by atoms with van der Waals surface area (Å²) in [6.45, 7) is 3.34. The molecule has 0 bridgehead atoms. The molecule has 1 amide bonds. The molecule has 122 valence electrons. The highest BCUT2D eigenvalue weighted by Crippen LogP contribution is 2.14. The van der Waals surface area contributed by atoms with Gasteiger partial charge >= 0.3 is 0 Å². The van der Waals surface area contributed by atoms with Crippen LogP contribution in [-0.2, 0) is 11.2 Å². The lowest BCUT2D eigenvalue weighted by molar-refractivity contribution is -0.123. The number of rotatable bonds is 5. The molecule has 1 heterocycles. The van der Waals surface area contributed by atoms with E-state index < -0.39 is 11.6 Å². The van der Waals surface area contributed by atoms with E-state index in [9.17, 15) is 18.7 Å². The van der Waals surface area contributed by atoms with Crippen LogP contribution in [-0.4, -0.2) is 47.7 Å². The van der Waals surface area contributed by atoms with E-state index >= 15 is 0 Å². The highest BCUT2D eigenvalue weighted by Gasteiger charge is 2.20. The van der Waals surface area contributed by atoms with Gasteiger partial charge in [0.1, 0.15) is 11.6 Å². The molecule has 0 radical (unpaired) electrons. The number of hydrogen-bond donors (Lipinski definition) is 2. The lowest BCUT2D eigenvalue weighted by atomic mass is 10.1. The van der Waals surface area contributed by atoms with Crippen LogP contribution in [0.1, 0.15) is 25.3 Å². The Morgan fingerprint density at radius 3 is 2.55 bits per heavy atom. The van der Waals surface area contributed by atoms with Crippen LogP contribution in [0.15, 0.2) is 18.2 Å². The molecule has 22 heavy (non-hydrogen) atoms. The van der Waals surface area contributed by atoms with Crippen molar-refractivity contribution < 1.29 is 18.7 Å². The molecule has 1 atom stereocenters. The molecule has 4 nitrogen and oxygen atoms in total. The summed E-state index contributed by atoms with van der Waals surface area (Å²) in [5.41, 5.74) is -0.00334. The molecule has 1 aliphatic heterocycles. The molecule has 0 spiro atoms. The first-order valence-electron chi connectivity index (χ1n) is 7.58. The Kier molecular flexibility index (Phi) is 5.85. The molecule has 1 fully saturated rings. The molecule has 0 aliphatic carbocycles. The average molecular weight is 312 g/mol. The maximum atomic E-state index is 13.6. The van der Waals surface area contributed by atoms with Crippen LogP contribution in [0.2, 0.25) is 0 Å². The van der Waals surface area contributed by atoms with Crippen LogP contribution in [0, 0.1) is 11.6 Å². The zero-order valence-corrected chi connectivity index (χ0v) is 12.7. The third kappa shape index (κ3) is 4.74. The normalized spacial score (nSPS) is 18.2. The summed E-state index contributed by atoms with van der Waals surface area (Å²) in [6, 6.07) is 3.40. The number of aliphatic hydroxyl groups is 1. The molecule has 0 aromatic heterocycles. The standard InChI is InChI=1S/C16H22F2N2O2/c1-11(9-13-14(17)3-2-4-15(13)18)19-16(22)10-20-7-5-12(21)6-8-20/h2-4,11-12,21H,5-10H2,1H3,(H,19,22). The minimum Gasteiger partial charge on any atom is -0.393 e. The Bertz CT molecular complexity index is 497. The van der Waals surface area contributed by atoms with Gasteiger partial charge in [0.25, 0.3) is 0 Å². The molecule has 1 saturated heterocycles. The monoisotopic (exact) mass is 312 g/mol. The first-order chi connectivity index (χ1) is 10.5. The number of amides is 1. The van der Waals surface area contributed by atoms with Gasteiger partial charge in [0.2, 0.25) is 5.91 Å². The van der Waals surface area contributed by atoms with Crippen LogP contribution in [0.25, 0.3) is 0 Å². The van der Waals surface area contributed by atoms with E-state index in [-0.39, 0.29) is 36.6 Å². The van der Waals surface area contributed by atoms with Crippen molar-refractivity contribution in [1.29, 1.82) is 0 Å². The summed E-state index contributed by atoms with van der Waals surface area (Å²) in [4.78, 5) is 13.9. The van der Waals surface area contributed by atoms with Crippen LogP contribution in [0.5, 0.6) is 0 Å². The lowest BCUT2D eigenvalue weighted by Gasteiger charge is -2.29. The lowest BCUT2D eigenvalue weighted by Crippen LogP contribution is -2.45. The smallest absolute Gasteiger partial charge is 0.234 e. The van der Waals surface area contributed by atoms with Gasteiger partial charge in [-0.05, 0) is 38.3 Å². The van der Waals surface area contributed by atoms with Crippen molar-refractivity contribution >= 4 is 5.91 Å². The van der Waals surface area contributed by atoms with E-state index in [0.717, 1.165) is 0 Å². The number of carbonyl (C=O) groups excluding carboxylic acids is 1. The fourth-order valence-electron chi connectivity index (χ4n) is 2.69. The molecule has 6 heteroatoms. The maximum Gasteiger partial charge on any atom is 0.234 e. The Balaban J connectivity index is 1.81. The van der Waals surface area contributed by atoms with E-state index in [1.165, 1.54) is 18.2 Å². The largest absolute Gasteiger partial charge is 0.393 e. The first kappa shape index (κ1) is 16.8. The fraction of sp³-hybridized carbons (Fsp3) is 0.562. The highest BCUT2D eigenvalue weighted by atomic mass is 19.1. The molecule has 1 unspecified atom stereocenters. The topological polar surface area (TPSA) is 52.6 Å². The van der Waals surface area contributed by atoms with Gasteiger partial charge in [0.05, 0.1) is 12.6 Å². The number of nitrogens with zero attached hydrogens (tertiary/aromatic N) is 1. The Morgan fingerprint density at radius 2 is 1.95 bits per heavy atom. The van der Waals surface area contributed by atoms with Crippen molar-refractivity contribution in [2.45, 2.75) is 38.3 Å². The summed E-state index contributed by atoms with van der Waals surface area (Å²) in [5, 5.41) is 12.2. The van der Waals surface area contributed by atoms with Gasteiger partial charge in [-0.3, -0.25) is 9.69 Å². The summed E-state index contributed by atoms with van der Waals surface area (Å²) < 4.78 is 27.1. The van der Waals surface area contributed by atoms with Gasteiger partial charge in [0, 0.05) is 24.7 Å². The number of halogens is 2. The molecule has 2 N–H and O–H groups in total. The van der Waals surface area contributed by atoms with Crippen molar-refractivity contribution in [1.82, 2.24) is 10.2 Å². The third-order valence-corrected chi connectivity index (χ3v) is 3.90. The summed E-state index contributed by atoms with van der Waals surface area (Å²) >= 11 is 0. The quantitative estimate of drug-likeness (QED) is 0.866. The van der Waals surface area contributed by atoms with Gasteiger partial charge in [-0.2, -0.15) is 0 Å². The first-order valence-corrected chi connectivity index (χ1v) is 7.58. The molecule has 1 aliphatic rings. The van der Waals surface area contributed by atoms with Crippen molar-refractivity contribution in [3.05, 3.63) is 35.4 Å². The second-order valence-corrected chi connectivity index (χ2v) is 5.88. The highest BCUT2D eigenvalue weighted by molar-refractivity contribution is 5.78. The summed E-state index contributed by atoms with van der Waals surface area (Å²) in [5.74, 6) is -1.35. The number of hydrogen-bond acceptors (Lipinski definition) is 3. The Morgan fingerprint density at radius 1 is 1.36 bits per heavy atom. The number of carbonyl (C=O) groups is 1. The fourth-order valence-corrected chi connectivity index (χ4v) is 2.69. The summed E-state index contributed by atoms with van der Waals surface area (Å²) in [6.07, 6.45) is 1.18. The van der Waals surface area contributed by atoms with E-state index in [0.29, 0.717) is 25.9 Å². The number of likely N-dealkylation sites (tertiary alicyclic amines) is 1.